The lowest BCUT2D eigenvalue weighted by Gasteiger charge is -2.17. The Morgan fingerprint density at radius 2 is 1.96 bits per heavy atom. The average Bonchev–Trinajstić information content (AvgIpc) is 2.60. The Hall–Kier alpha value is -2.05. The Labute approximate surface area is 159 Å². The predicted molar refractivity (Wildman–Crippen MR) is 99.1 cm³/mol. The lowest BCUT2D eigenvalue weighted by molar-refractivity contribution is -0.142. The van der Waals surface area contributed by atoms with E-state index in [0.29, 0.717) is 16.3 Å². The summed E-state index contributed by atoms with van der Waals surface area (Å²) in [5.74, 6) is -0.357. The van der Waals surface area contributed by atoms with E-state index in [-0.39, 0.29) is 12.3 Å². The van der Waals surface area contributed by atoms with E-state index in [1.165, 1.54) is 14.2 Å². The molecule has 5 nitrogen and oxygen atoms in total. The van der Waals surface area contributed by atoms with Gasteiger partial charge in [0.15, 0.2) is 0 Å². The fourth-order valence-electron chi connectivity index (χ4n) is 2.28. The van der Waals surface area contributed by atoms with Gasteiger partial charge < -0.3 is 14.8 Å². The van der Waals surface area contributed by atoms with Crippen molar-refractivity contribution in [2.45, 2.75) is 12.5 Å². The quantitative estimate of drug-likeness (QED) is 0.717. The number of carbonyl (C=O) groups is 2. The van der Waals surface area contributed by atoms with E-state index in [1.54, 1.807) is 36.4 Å². The SMILES string of the molecule is COC(=O)[C@H](Cc1ccc(OC)c(Cl)c1)NC(=O)c1cccc(Br)c1. The molecule has 0 bridgehead atoms. The van der Waals surface area contributed by atoms with Gasteiger partial charge in [-0.2, -0.15) is 0 Å². The third-order valence-electron chi connectivity index (χ3n) is 3.53. The van der Waals surface area contributed by atoms with E-state index in [9.17, 15) is 9.59 Å². The van der Waals surface area contributed by atoms with Crippen molar-refractivity contribution in [2.24, 2.45) is 0 Å². The van der Waals surface area contributed by atoms with Gasteiger partial charge in [0.25, 0.3) is 5.91 Å². The number of ether oxygens (including phenoxy) is 2. The highest BCUT2D eigenvalue weighted by Gasteiger charge is 2.23. The van der Waals surface area contributed by atoms with Crippen molar-refractivity contribution in [3.8, 4) is 5.75 Å². The third-order valence-corrected chi connectivity index (χ3v) is 4.32. The number of amides is 1. The van der Waals surface area contributed by atoms with Crippen molar-refractivity contribution in [1.29, 1.82) is 0 Å². The molecule has 0 radical (unpaired) electrons. The van der Waals surface area contributed by atoms with Crippen LogP contribution in [0.25, 0.3) is 0 Å². The van der Waals surface area contributed by atoms with Gasteiger partial charge in [-0.25, -0.2) is 4.79 Å². The van der Waals surface area contributed by atoms with Crippen LogP contribution in [0.5, 0.6) is 5.75 Å². The Kier molecular flexibility index (Phi) is 6.84. The van der Waals surface area contributed by atoms with Crippen LogP contribution in [0.3, 0.4) is 0 Å². The Balaban J connectivity index is 2.17. The molecule has 0 aliphatic carbocycles. The normalized spacial score (nSPS) is 11.5. The second-order valence-corrected chi connectivity index (χ2v) is 6.56. The summed E-state index contributed by atoms with van der Waals surface area (Å²) in [4.78, 5) is 24.5. The molecule has 0 aliphatic rings. The Morgan fingerprint density at radius 1 is 1.20 bits per heavy atom. The number of halogens is 2. The van der Waals surface area contributed by atoms with Crippen LogP contribution < -0.4 is 10.1 Å². The minimum Gasteiger partial charge on any atom is -0.495 e. The van der Waals surface area contributed by atoms with Crippen molar-refractivity contribution >= 4 is 39.4 Å². The van der Waals surface area contributed by atoms with Crippen LogP contribution in [0, 0.1) is 0 Å². The van der Waals surface area contributed by atoms with Gasteiger partial charge in [0.2, 0.25) is 0 Å². The smallest absolute Gasteiger partial charge is 0.328 e. The fraction of sp³-hybridized carbons (Fsp3) is 0.222. The van der Waals surface area contributed by atoms with E-state index < -0.39 is 12.0 Å². The second kappa shape index (κ2) is 8.87. The first-order valence-electron chi connectivity index (χ1n) is 7.41. The summed E-state index contributed by atoms with van der Waals surface area (Å²) in [6.45, 7) is 0. The molecule has 0 unspecified atom stereocenters. The zero-order valence-corrected chi connectivity index (χ0v) is 16.1. The van der Waals surface area contributed by atoms with Crippen LogP contribution in [-0.2, 0) is 16.0 Å². The van der Waals surface area contributed by atoms with Crippen LogP contribution in [0.4, 0.5) is 0 Å². The molecule has 0 heterocycles. The zero-order valence-electron chi connectivity index (χ0n) is 13.7. The first-order valence-corrected chi connectivity index (χ1v) is 8.58. The summed E-state index contributed by atoms with van der Waals surface area (Å²) in [7, 11) is 2.80. The van der Waals surface area contributed by atoms with E-state index in [4.69, 9.17) is 21.1 Å². The summed E-state index contributed by atoms with van der Waals surface area (Å²) >= 11 is 9.43. The lowest BCUT2D eigenvalue weighted by Crippen LogP contribution is -2.43. The van der Waals surface area contributed by atoms with E-state index in [0.717, 1.165) is 10.0 Å². The molecule has 1 atom stereocenters. The van der Waals surface area contributed by atoms with Gasteiger partial charge in [0.05, 0.1) is 19.2 Å². The molecule has 0 fully saturated rings. The summed E-state index contributed by atoms with van der Waals surface area (Å²) in [5, 5.41) is 3.13. The molecule has 1 amide bonds. The summed E-state index contributed by atoms with van der Waals surface area (Å²) in [6.07, 6.45) is 0.246. The first kappa shape index (κ1) is 19.3. The molecule has 25 heavy (non-hydrogen) atoms. The number of rotatable bonds is 6. The predicted octanol–water partition coefficient (Wildman–Crippen LogP) is 3.63. The standard InChI is InChI=1S/C18H17BrClNO4/c1-24-16-7-6-11(8-14(16)20)9-15(18(23)25-2)21-17(22)12-4-3-5-13(19)10-12/h3-8,10,15H,9H2,1-2H3,(H,21,22)/t15-/m0/s1. The molecule has 1 N–H and O–H groups in total. The molecular weight excluding hydrogens is 410 g/mol. The van der Waals surface area contributed by atoms with Crippen LogP contribution in [-0.4, -0.2) is 32.1 Å². The summed E-state index contributed by atoms with van der Waals surface area (Å²) < 4.78 is 10.7. The molecule has 132 valence electrons. The van der Waals surface area contributed by atoms with Crippen molar-refractivity contribution in [2.75, 3.05) is 14.2 Å². The van der Waals surface area contributed by atoms with Crippen molar-refractivity contribution in [1.82, 2.24) is 5.32 Å². The molecule has 0 saturated carbocycles. The highest BCUT2D eigenvalue weighted by Crippen LogP contribution is 2.25. The molecule has 0 aromatic heterocycles. The molecular formula is C18H17BrClNO4. The van der Waals surface area contributed by atoms with Crippen molar-refractivity contribution in [3.05, 3.63) is 63.1 Å². The van der Waals surface area contributed by atoms with Crippen LogP contribution in [0.15, 0.2) is 46.9 Å². The van der Waals surface area contributed by atoms with E-state index in [2.05, 4.69) is 21.2 Å². The fourth-order valence-corrected chi connectivity index (χ4v) is 2.96. The van der Waals surface area contributed by atoms with Crippen molar-refractivity contribution < 1.29 is 19.1 Å². The van der Waals surface area contributed by atoms with Gasteiger partial charge in [-0.3, -0.25) is 4.79 Å². The molecule has 2 rings (SSSR count). The van der Waals surface area contributed by atoms with Crippen LogP contribution in [0.1, 0.15) is 15.9 Å². The minimum absolute atomic E-state index is 0.246. The molecule has 2 aromatic carbocycles. The number of hydrogen-bond acceptors (Lipinski definition) is 4. The Bertz CT molecular complexity index is 781. The number of esters is 1. The van der Waals surface area contributed by atoms with Gasteiger partial charge in [-0.15, -0.1) is 0 Å². The van der Waals surface area contributed by atoms with E-state index >= 15 is 0 Å². The number of benzene rings is 2. The monoisotopic (exact) mass is 425 g/mol. The maximum atomic E-state index is 12.4. The number of hydrogen-bond donors (Lipinski definition) is 1. The average molecular weight is 427 g/mol. The molecule has 2 aromatic rings. The van der Waals surface area contributed by atoms with Crippen LogP contribution >= 0.6 is 27.5 Å². The maximum Gasteiger partial charge on any atom is 0.328 e. The van der Waals surface area contributed by atoms with Crippen molar-refractivity contribution in [3.63, 3.8) is 0 Å². The van der Waals surface area contributed by atoms with E-state index in [1.807, 2.05) is 6.07 Å². The Morgan fingerprint density at radius 3 is 2.56 bits per heavy atom. The number of methoxy groups -OCH3 is 2. The molecule has 0 saturated heterocycles. The number of carbonyl (C=O) groups excluding carboxylic acids is 2. The molecule has 0 aliphatic heterocycles. The largest absolute Gasteiger partial charge is 0.495 e. The first-order chi connectivity index (χ1) is 11.9. The topological polar surface area (TPSA) is 64.6 Å². The molecule has 0 spiro atoms. The highest BCUT2D eigenvalue weighted by atomic mass is 79.9. The summed E-state index contributed by atoms with van der Waals surface area (Å²) in [6, 6.07) is 11.3. The highest BCUT2D eigenvalue weighted by molar-refractivity contribution is 9.10. The molecule has 7 heteroatoms. The van der Waals surface area contributed by atoms with Gasteiger partial charge in [0, 0.05) is 16.5 Å². The maximum absolute atomic E-state index is 12.4. The lowest BCUT2D eigenvalue weighted by atomic mass is 10.0. The van der Waals surface area contributed by atoms with Gasteiger partial charge >= 0.3 is 5.97 Å². The third kappa shape index (κ3) is 5.21. The number of nitrogens with one attached hydrogen (secondary N) is 1. The second-order valence-electron chi connectivity index (χ2n) is 5.23. The minimum atomic E-state index is -0.832. The zero-order chi connectivity index (χ0) is 18.4. The van der Waals surface area contributed by atoms with Crippen LogP contribution in [0.2, 0.25) is 5.02 Å². The van der Waals surface area contributed by atoms with Gasteiger partial charge in [-0.1, -0.05) is 39.7 Å². The summed E-state index contributed by atoms with van der Waals surface area (Å²) in [5.41, 5.74) is 1.21. The van der Waals surface area contributed by atoms with Gasteiger partial charge in [0.1, 0.15) is 11.8 Å². The van der Waals surface area contributed by atoms with Gasteiger partial charge in [-0.05, 0) is 35.9 Å².